The van der Waals surface area contributed by atoms with Crippen molar-refractivity contribution in [3.05, 3.63) is 29.6 Å². The highest BCUT2D eigenvalue weighted by molar-refractivity contribution is 5.76. The number of nitriles is 1. The number of benzene rings is 1. The highest BCUT2D eigenvalue weighted by Crippen LogP contribution is 2.37. The Hall–Kier alpha value is -2.09. The number of halogens is 1. The molecule has 4 nitrogen and oxygen atoms in total. The van der Waals surface area contributed by atoms with Crippen LogP contribution in [0.2, 0.25) is 0 Å². The van der Waals surface area contributed by atoms with Crippen molar-refractivity contribution >= 4 is 11.7 Å². The first kappa shape index (κ1) is 16.3. The van der Waals surface area contributed by atoms with Gasteiger partial charge in [-0.25, -0.2) is 4.39 Å². The molecule has 1 aromatic carbocycles. The molecule has 1 aliphatic heterocycles. The quantitative estimate of drug-likeness (QED) is 0.805. The maximum absolute atomic E-state index is 13.3. The number of hydrogen-bond acceptors (Lipinski definition) is 4. The zero-order valence-corrected chi connectivity index (χ0v) is 13.2. The number of carbonyl (C=O) groups is 1. The van der Waals surface area contributed by atoms with E-state index in [1.54, 1.807) is 6.07 Å². The minimum Gasteiger partial charge on any atom is -0.469 e. The predicted octanol–water partition coefficient (Wildman–Crippen LogP) is 3.11. The predicted molar refractivity (Wildman–Crippen MR) is 81.8 cm³/mol. The summed E-state index contributed by atoms with van der Waals surface area (Å²) in [6, 6.07) is 6.31. The molecule has 2 rings (SSSR count). The molecule has 1 aliphatic rings. The summed E-state index contributed by atoms with van der Waals surface area (Å²) in [5.74, 6) is -0.506. The number of carbonyl (C=O) groups excluding carboxylic acids is 1. The lowest BCUT2D eigenvalue weighted by molar-refractivity contribution is -0.154. The van der Waals surface area contributed by atoms with E-state index in [2.05, 4.69) is 4.90 Å². The zero-order chi connectivity index (χ0) is 16.3. The number of anilines is 1. The second-order valence-electron chi connectivity index (χ2n) is 6.27. The van der Waals surface area contributed by atoms with E-state index in [-0.39, 0.29) is 11.9 Å². The second-order valence-corrected chi connectivity index (χ2v) is 6.27. The molecule has 0 amide bonds. The first-order chi connectivity index (χ1) is 10.4. The molecule has 1 heterocycles. The fourth-order valence-electron chi connectivity index (χ4n) is 3.09. The molecule has 0 radical (unpaired) electrons. The van der Waals surface area contributed by atoms with Gasteiger partial charge >= 0.3 is 5.97 Å². The van der Waals surface area contributed by atoms with E-state index < -0.39 is 11.2 Å². The highest BCUT2D eigenvalue weighted by atomic mass is 19.1. The maximum Gasteiger partial charge on any atom is 0.311 e. The average Bonchev–Trinajstić information content (AvgIpc) is 2.53. The first-order valence-electron chi connectivity index (χ1n) is 7.43. The van der Waals surface area contributed by atoms with Crippen LogP contribution in [0.15, 0.2) is 18.2 Å². The molecular weight excluding hydrogens is 283 g/mol. The maximum atomic E-state index is 13.3. The van der Waals surface area contributed by atoms with E-state index in [9.17, 15) is 14.4 Å². The van der Waals surface area contributed by atoms with Crippen molar-refractivity contribution in [2.45, 2.75) is 26.7 Å². The summed E-state index contributed by atoms with van der Waals surface area (Å²) in [7, 11) is 1.40. The number of nitrogens with zero attached hydrogens (tertiary/aromatic N) is 2. The molecule has 1 saturated heterocycles. The van der Waals surface area contributed by atoms with Crippen molar-refractivity contribution in [3.63, 3.8) is 0 Å². The fraction of sp³-hybridized carbons (Fsp3) is 0.529. The van der Waals surface area contributed by atoms with Crippen LogP contribution in [0, 0.1) is 28.5 Å². The zero-order valence-electron chi connectivity index (χ0n) is 13.2. The van der Waals surface area contributed by atoms with Gasteiger partial charge in [0.1, 0.15) is 11.9 Å². The standard InChI is InChI=1S/C17H21FN2O2/c1-17(2,16(21)22-3)13-5-4-8-20(11-13)15-7-6-14(18)9-12(15)10-19/h6-7,9,13H,4-5,8,11H2,1-3H3. The molecule has 0 bridgehead atoms. The van der Waals surface area contributed by atoms with Crippen molar-refractivity contribution < 1.29 is 13.9 Å². The number of ether oxygens (including phenoxy) is 1. The normalized spacial score (nSPS) is 18.7. The molecule has 0 N–H and O–H groups in total. The molecule has 1 fully saturated rings. The van der Waals surface area contributed by atoms with Gasteiger partial charge in [0.2, 0.25) is 0 Å². The molecule has 0 aliphatic carbocycles. The number of hydrogen-bond donors (Lipinski definition) is 0. The first-order valence-corrected chi connectivity index (χ1v) is 7.43. The largest absolute Gasteiger partial charge is 0.469 e. The minimum absolute atomic E-state index is 0.130. The lowest BCUT2D eigenvalue weighted by Crippen LogP contribution is -2.45. The second kappa shape index (κ2) is 6.35. The van der Waals surface area contributed by atoms with Crippen molar-refractivity contribution in [1.82, 2.24) is 0 Å². The average molecular weight is 304 g/mol. The Morgan fingerprint density at radius 1 is 1.50 bits per heavy atom. The Labute approximate surface area is 130 Å². The molecule has 22 heavy (non-hydrogen) atoms. The number of piperidine rings is 1. The number of rotatable bonds is 3. The van der Waals surface area contributed by atoms with Crippen LogP contribution in [0.3, 0.4) is 0 Å². The third-order valence-corrected chi connectivity index (χ3v) is 4.57. The van der Waals surface area contributed by atoms with Gasteiger partial charge in [-0.05, 0) is 50.8 Å². The van der Waals surface area contributed by atoms with Gasteiger partial charge < -0.3 is 9.64 Å². The molecule has 0 saturated carbocycles. The van der Waals surface area contributed by atoms with E-state index in [4.69, 9.17) is 4.74 Å². The molecule has 1 unspecified atom stereocenters. The van der Waals surface area contributed by atoms with Crippen molar-refractivity contribution in [3.8, 4) is 6.07 Å². The molecule has 5 heteroatoms. The van der Waals surface area contributed by atoms with Crippen molar-refractivity contribution in [2.75, 3.05) is 25.1 Å². The Morgan fingerprint density at radius 3 is 2.86 bits per heavy atom. The summed E-state index contributed by atoms with van der Waals surface area (Å²) < 4.78 is 18.2. The molecule has 1 aromatic rings. The summed E-state index contributed by atoms with van der Waals surface area (Å²) in [6.07, 6.45) is 1.86. The number of methoxy groups -OCH3 is 1. The Balaban J connectivity index is 2.25. The van der Waals surface area contributed by atoms with Gasteiger partial charge in [-0.3, -0.25) is 4.79 Å². The molecule has 0 spiro atoms. The van der Waals surface area contributed by atoms with E-state index in [0.29, 0.717) is 12.1 Å². The lowest BCUT2D eigenvalue weighted by Gasteiger charge is -2.41. The third kappa shape index (κ3) is 3.06. The van der Waals surface area contributed by atoms with Crippen LogP contribution < -0.4 is 4.90 Å². The Morgan fingerprint density at radius 2 is 2.23 bits per heavy atom. The molecule has 1 atom stereocenters. The highest BCUT2D eigenvalue weighted by Gasteiger charge is 2.40. The summed E-state index contributed by atoms with van der Waals surface area (Å²) in [5.41, 5.74) is 0.478. The van der Waals surface area contributed by atoms with Crippen LogP contribution in [0.4, 0.5) is 10.1 Å². The fourth-order valence-corrected chi connectivity index (χ4v) is 3.09. The van der Waals surface area contributed by atoms with Gasteiger partial charge in [0, 0.05) is 13.1 Å². The van der Waals surface area contributed by atoms with Crippen LogP contribution in [-0.4, -0.2) is 26.2 Å². The van der Waals surface area contributed by atoms with Crippen LogP contribution in [-0.2, 0) is 9.53 Å². The van der Waals surface area contributed by atoms with Crippen molar-refractivity contribution in [1.29, 1.82) is 5.26 Å². The van der Waals surface area contributed by atoms with Gasteiger partial charge in [0.25, 0.3) is 0 Å². The summed E-state index contributed by atoms with van der Waals surface area (Å²) in [5, 5.41) is 9.21. The van der Waals surface area contributed by atoms with Crippen LogP contribution in [0.1, 0.15) is 32.3 Å². The van der Waals surface area contributed by atoms with Crippen LogP contribution in [0.25, 0.3) is 0 Å². The summed E-state index contributed by atoms with van der Waals surface area (Å²) in [6.45, 7) is 5.24. The Kier molecular flexibility index (Phi) is 4.70. The van der Waals surface area contributed by atoms with Crippen LogP contribution in [0.5, 0.6) is 0 Å². The molecule has 118 valence electrons. The lowest BCUT2D eigenvalue weighted by atomic mass is 9.74. The van der Waals surface area contributed by atoms with Gasteiger partial charge in [-0.1, -0.05) is 0 Å². The summed E-state index contributed by atoms with van der Waals surface area (Å²) in [4.78, 5) is 14.1. The van der Waals surface area contributed by atoms with E-state index in [0.717, 1.165) is 25.1 Å². The van der Waals surface area contributed by atoms with E-state index in [1.807, 2.05) is 19.9 Å². The Bertz CT molecular complexity index is 607. The third-order valence-electron chi connectivity index (χ3n) is 4.57. The van der Waals surface area contributed by atoms with Gasteiger partial charge in [-0.15, -0.1) is 0 Å². The van der Waals surface area contributed by atoms with Gasteiger partial charge in [-0.2, -0.15) is 5.26 Å². The molecular formula is C17H21FN2O2. The SMILES string of the molecule is COC(=O)C(C)(C)C1CCCN(c2ccc(F)cc2C#N)C1. The monoisotopic (exact) mass is 304 g/mol. The van der Waals surface area contributed by atoms with E-state index in [1.165, 1.54) is 19.2 Å². The van der Waals surface area contributed by atoms with Crippen LogP contribution >= 0.6 is 0 Å². The number of esters is 1. The minimum atomic E-state index is -0.583. The van der Waals surface area contributed by atoms with Gasteiger partial charge in [0.15, 0.2) is 0 Å². The summed E-state index contributed by atoms with van der Waals surface area (Å²) >= 11 is 0. The van der Waals surface area contributed by atoms with Crippen molar-refractivity contribution in [2.24, 2.45) is 11.3 Å². The molecule has 0 aromatic heterocycles. The topological polar surface area (TPSA) is 53.3 Å². The van der Waals surface area contributed by atoms with Gasteiger partial charge in [0.05, 0.1) is 23.8 Å². The smallest absolute Gasteiger partial charge is 0.311 e. The van der Waals surface area contributed by atoms with E-state index >= 15 is 0 Å².